The number of nitrogens with zero attached hydrogens (tertiary/aromatic N) is 1. The number of hydrogen-bond acceptors (Lipinski definition) is 6. The minimum Gasteiger partial charge on any atom is -0.493 e. The van der Waals surface area contributed by atoms with Crippen molar-refractivity contribution in [2.24, 2.45) is 0 Å². The number of ether oxygens (including phenoxy) is 2. The molecule has 0 fully saturated rings. The second-order valence-corrected chi connectivity index (χ2v) is 8.91. The van der Waals surface area contributed by atoms with Crippen molar-refractivity contribution in [2.45, 2.75) is 65.1 Å². The van der Waals surface area contributed by atoms with Crippen LogP contribution in [0.3, 0.4) is 0 Å². The highest BCUT2D eigenvalue weighted by Gasteiger charge is 2.21. The van der Waals surface area contributed by atoms with E-state index in [0.717, 1.165) is 27.5 Å². The fraction of sp³-hybridized carbons (Fsp3) is 0.524. The van der Waals surface area contributed by atoms with Crippen LogP contribution >= 0.6 is 11.3 Å². The van der Waals surface area contributed by atoms with E-state index in [1.165, 1.54) is 5.56 Å². The number of benzene rings is 1. The summed E-state index contributed by atoms with van der Waals surface area (Å²) in [7, 11) is 0. The summed E-state index contributed by atoms with van der Waals surface area (Å²) < 4.78 is 12.1. The normalized spacial score (nSPS) is 15.0. The molecule has 2 heterocycles. The van der Waals surface area contributed by atoms with Gasteiger partial charge in [0.25, 0.3) is 0 Å². The van der Waals surface area contributed by atoms with Gasteiger partial charge in [-0.25, -0.2) is 9.78 Å². The summed E-state index contributed by atoms with van der Waals surface area (Å²) in [5.41, 5.74) is 1.67. The predicted octanol–water partition coefficient (Wildman–Crippen LogP) is 4.34. The number of anilines is 1. The van der Waals surface area contributed by atoms with Crippen LogP contribution in [0, 0.1) is 11.8 Å². The summed E-state index contributed by atoms with van der Waals surface area (Å²) in [4.78, 5) is 16.8. The molecule has 1 aliphatic rings. The summed E-state index contributed by atoms with van der Waals surface area (Å²) in [6.07, 6.45) is 1.11. The molecule has 0 spiro atoms. The number of hydrogen-bond donors (Lipinski definition) is 2. The van der Waals surface area contributed by atoms with Crippen LogP contribution in [0.2, 0.25) is 0 Å². The van der Waals surface area contributed by atoms with Gasteiger partial charge in [0, 0.05) is 18.0 Å². The number of carbonyl (C=O) groups excluding carboxylic acids is 1. The summed E-state index contributed by atoms with van der Waals surface area (Å²) in [5.74, 6) is 7.06. The van der Waals surface area contributed by atoms with Gasteiger partial charge in [0.15, 0.2) is 5.13 Å². The lowest BCUT2D eigenvalue weighted by Gasteiger charge is -2.23. The molecule has 2 atom stereocenters. The smallest absolute Gasteiger partial charge is 0.407 e. The van der Waals surface area contributed by atoms with Crippen LogP contribution in [0.5, 0.6) is 5.75 Å². The monoisotopic (exact) mass is 401 g/mol. The lowest BCUT2D eigenvalue weighted by atomic mass is 10.1. The van der Waals surface area contributed by atoms with Gasteiger partial charge in [-0.15, -0.1) is 5.92 Å². The van der Waals surface area contributed by atoms with Crippen molar-refractivity contribution in [1.82, 2.24) is 10.3 Å². The van der Waals surface area contributed by atoms with Crippen molar-refractivity contribution in [3.8, 4) is 17.6 Å². The van der Waals surface area contributed by atoms with Crippen LogP contribution in [0.25, 0.3) is 10.2 Å². The van der Waals surface area contributed by atoms with Crippen LogP contribution in [0.4, 0.5) is 9.93 Å². The molecule has 0 bridgehead atoms. The van der Waals surface area contributed by atoms with Crippen LogP contribution in [-0.4, -0.2) is 35.4 Å². The molecule has 2 N–H and O–H groups in total. The zero-order chi connectivity index (χ0) is 20.3. The van der Waals surface area contributed by atoms with Crippen LogP contribution in [0.15, 0.2) is 12.1 Å². The maximum atomic E-state index is 12.0. The van der Waals surface area contributed by atoms with E-state index in [0.29, 0.717) is 13.0 Å². The molecular formula is C21H27N3O3S. The van der Waals surface area contributed by atoms with Crippen LogP contribution in [-0.2, 0) is 11.2 Å². The Morgan fingerprint density at radius 3 is 2.93 bits per heavy atom. The molecule has 0 saturated heterocycles. The molecule has 0 radical (unpaired) electrons. The SMILES string of the molecule is CC#C[C@@H](C[C@@H](C)NC(=O)OC(C)(C)C)Nc1nc2c3c(ccc2s1)OCC3. The highest BCUT2D eigenvalue weighted by molar-refractivity contribution is 7.22. The predicted molar refractivity (Wildman–Crippen MR) is 113 cm³/mol. The van der Waals surface area contributed by atoms with Gasteiger partial charge in [0.05, 0.1) is 22.9 Å². The van der Waals surface area contributed by atoms with Crippen molar-refractivity contribution < 1.29 is 14.3 Å². The second kappa shape index (κ2) is 8.27. The van der Waals surface area contributed by atoms with E-state index in [1.807, 2.05) is 40.7 Å². The number of rotatable bonds is 5. The Morgan fingerprint density at radius 1 is 1.43 bits per heavy atom. The van der Waals surface area contributed by atoms with Gasteiger partial charge in [-0.3, -0.25) is 0 Å². The molecule has 3 rings (SSSR count). The van der Waals surface area contributed by atoms with E-state index in [-0.39, 0.29) is 12.1 Å². The molecule has 1 aliphatic heterocycles. The number of fused-ring (bicyclic) bond motifs is 3. The van der Waals surface area contributed by atoms with Crippen LogP contribution in [0.1, 0.15) is 46.6 Å². The van der Waals surface area contributed by atoms with Gasteiger partial charge in [-0.05, 0) is 53.2 Å². The Hall–Kier alpha value is -2.46. The van der Waals surface area contributed by atoms with Gasteiger partial charge in [-0.2, -0.15) is 0 Å². The van der Waals surface area contributed by atoms with Gasteiger partial charge < -0.3 is 20.1 Å². The quantitative estimate of drug-likeness (QED) is 0.729. The maximum Gasteiger partial charge on any atom is 0.407 e. The van der Waals surface area contributed by atoms with Crippen molar-refractivity contribution in [2.75, 3.05) is 11.9 Å². The molecule has 0 aliphatic carbocycles. The molecule has 1 aromatic carbocycles. The lowest BCUT2D eigenvalue weighted by Crippen LogP contribution is -2.40. The van der Waals surface area contributed by atoms with E-state index in [9.17, 15) is 4.79 Å². The Morgan fingerprint density at radius 2 is 2.21 bits per heavy atom. The maximum absolute atomic E-state index is 12.0. The second-order valence-electron chi connectivity index (χ2n) is 7.88. The average Bonchev–Trinajstić information content (AvgIpc) is 3.17. The zero-order valence-corrected chi connectivity index (χ0v) is 17.8. The van der Waals surface area contributed by atoms with E-state index in [1.54, 1.807) is 11.3 Å². The summed E-state index contributed by atoms with van der Waals surface area (Å²) in [5, 5.41) is 7.11. The third-order valence-electron chi connectivity index (χ3n) is 4.20. The Bertz CT molecular complexity index is 921. The number of nitrogens with one attached hydrogen (secondary N) is 2. The van der Waals surface area contributed by atoms with Gasteiger partial charge >= 0.3 is 6.09 Å². The number of thiazole rings is 1. The number of alkyl carbamates (subject to hydrolysis) is 1. The molecule has 28 heavy (non-hydrogen) atoms. The van der Waals surface area contributed by atoms with Crippen molar-refractivity contribution in [3.05, 3.63) is 17.7 Å². The summed E-state index contributed by atoms with van der Waals surface area (Å²) >= 11 is 1.61. The molecule has 6 nitrogen and oxygen atoms in total. The van der Waals surface area contributed by atoms with E-state index < -0.39 is 11.7 Å². The molecule has 2 aromatic rings. The Balaban J connectivity index is 1.67. The topological polar surface area (TPSA) is 72.5 Å². The first kappa shape index (κ1) is 20.3. The largest absolute Gasteiger partial charge is 0.493 e. The standard InChI is InChI=1S/C21H27N3O3S/c1-6-7-14(12-13(2)22-20(25)27-21(3,4)5)23-19-24-18-15-10-11-26-16(15)8-9-17(18)28-19/h8-9,13-14H,10-12H2,1-5H3,(H,22,25)(H,23,24)/t13-,14+/m1/s1. The first-order chi connectivity index (χ1) is 13.2. The minimum absolute atomic E-state index is 0.0970. The van der Waals surface area contributed by atoms with Gasteiger partial charge in [0.1, 0.15) is 11.4 Å². The molecule has 0 saturated carbocycles. The molecular weight excluding hydrogens is 374 g/mol. The first-order valence-electron chi connectivity index (χ1n) is 9.48. The van der Waals surface area contributed by atoms with E-state index in [2.05, 4.69) is 28.5 Å². The van der Waals surface area contributed by atoms with E-state index >= 15 is 0 Å². The molecule has 1 aromatic heterocycles. The Kier molecular flexibility index (Phi) is 5.99. The fourth-order valence-electron chi connectivity index (χ4n) is 3.13. The first-order valence-corrected chi connectivity index (χ1v) is 10.3. The number of carbonyl (C=O) groups is 1. The molecule has 7 heteroatoms. The van der Waals surface area contributed by atoms with Crippen molar-refractivity contribution >= 4 is 32.8 Å². The van der Waals surface area contributed by atoms with Gasteiger partial charge in [-0.1, -0.05) is 17.3 Å². The van der Waals surface area contributed by atoms with Crippen molar-refractivity contribution in [3.63, 3.8) is 0 Å². The highest BCUT2D eigenvalue weighted by Crippen LogP contribution is 2.36. The fourth-order valence-corrected chi connectivity index (χ4v) is 4.08. The van der Waals surface area contributed by atoms with Crippen LogP contribution < -0.4 is 15.4 Å². The summed E-state index contributed by atoms with van der Waals surface area (Å²) in [6, 6.07) is 3.85. The zero-order valence-electron chi connectivity index (χ0n) is 17.0. The third kappa shape index (κ3) is 5.08. The van der Waals surface area contributed by atoms with E-state index in [4.69, 9.17) is 14.5 Å². The highest BCUT2D eigenvalue weighted by atomic mass is 32.1. The Labute approximate surface area is 170 Å². The summed E-state index contributed by atoms with van der Waals surface area (Å²) in [6.45, 7) is 10.0. The third-order valence-corrected chi connectivity index (χ3v) is 5.15. The molecule has 0 unspecified atom stereocenters. The number of amides is 1. The van der Waals surface area contributed by atoms with Crippen molar-refractivity contribution in [1.29, 1.82) is 0 Å². The minimum atomic E-state index is -0.518. The van der Waals surface area contributed by atoms with Gasteiger partial charge in [0.2, 0.25) is 0 Å². The average molecular weight is 402 g/mol. The lowest BCUT2D eigenvalue weighted by molar-refractivity contribution is 0.0506. The number of aromatic nitrogens is 1. The molecule has 150 valence electrons. The molecule has 1 amide bonds.